The average molecular weight is 234 g/mol. The molecule has 3 atom stereocenters. The summed E-state index contributed by atoms with van der Waals surface area (Å²) in [4.78, 5) is 10.8. The highest BCUT2D eigenvalue weighted by atomic mass is 15.2. The number of rotatable bonds is 3. The van der Waals surface area contributed by atoms with Gasteiger partial charge in [0.2, 0.25) is 0 Å². The Bertz CT molecular complexity index is 341. The lowest BCUT2D eigenvalue weighted by molar-refractivity contribution is 0.0779. The van der Waals surface area contributed by atoms with Crippen LogP contribution in [0.15, 0.2) is 18.6 Å². The molecule has 1 aromatic heterocycles. The molecule has 0 aromatic carbocycles. The molecule has 4 nitrogen and oxygen atoms in total. The van der Waals surface area contributed by atoms with Crippen LogP contribution in [0.4, 0.5) is 0 Å². The maximum absolute atomic E-state index is 5.94. The van der Waals surface area contributed by atoms with E-state index in [2.05, 4.69) is 28.7 Å². The van der Waals surface area contributed by atoms with Gasteiger partial charge in [-0.2, -0.15) is 0 Å². The molecule has 1 fully saturated rings. The largest absolute Gasteiger partial charge is 0.329 e. The van der Waals surface area contributed by atoms with Gasteiger partial charge in [-0.15, -0.1) is 0 Å². The number of nitrogens with zero attached hydrogens (tertiary/aromatic N) is 3. The van der Waals surface area contributed by atoms with Crippen molar-refractivity contribution in [3.8, 4) is 0 Å². The fourth-order valence-corrected chi connectivity index (χ4v) is 2.68. The van der Waals surface area contributed by atoms with Crippen LogP contribution in [-0.4, -0.2) is 34.0 Å². The Morgan fingerprint density at radius 2 is 2.29 bits per heavy atom. The molecule has 0 spiro atoms. The maximum atomic E-state index is 5.94. The third kappa shape index (κ3) is 2.82. The number of piperidine rings is 1. The van der Waals surface area contributed by atoms with Gasteiger partial charge < -0.3 is 5.73 Å². The predicted octanol–water partition coefficient (Wildman–Crippen LogP) is 1.60. The normalized spacial score (nSPS) is 27.9. The number of aromatic nitrogens is 2. The summed E-state index contributed by atoms with van der Waals surface area (Å²) in [5.74, 6) is 0.752. The molecule has 0 saturated carbocycles. The zero-order chi connectivity index (χ0) is 12.3. The lowest BCUT2D eigenvalue weighted by atomic mass is 9.92. The molecule has 2 rings (SSSR count). The van der Waals surface area contributed by atoms with Gasteiger partial charge in [0.15, 0.2) is 0 Å². The van der Waals surface area contributed by atoms with Crippen LogP contribution in [0.1, 0.15) is 38.4 Å². The first-order valence-electron chi connectivity index (χ1n) is 6.44. The fourth-order valence-electron chi connectivity index (χ4n) is 2.68. The van der Waals surface area contributed by atoms with Gasteiger partial charge in [0.25, 0.3) is 0 Å². The smallest absolute Gasteiger partial charge is 0.115 e. The van der Waals surface area contributed by atoms with E-state index < -0.39 is 0 Å². The van der Waals surface area contributed by atoms with Crippen LogP contribution in [0, 0.1) is 5.92 Å². The molecular formula is C13H22N4. The van der Waals surface area contributed by atoms with Crippen LogP contribution >= 0.6 is 0 Å². The summed E-state index contributed by atoms with van der Waals surface area (Å²) in [5.41, 5.74) is 6.99. The van der Waals surface area contributed by atoms with Gasteiger partial charge in [-0.3, -0.25) is 4.90 Å². The lowest BCUT2D eigenvalue weighted by Crippen LogP contribution is -2.45. The Kier molecular flexibility index (Phi) is 4.07. The van der Waals surface area contributed by atoms with Crippen LogP contribution in [0.5, 0.6) is 0 Å². The van der Waals surface area contributed by atoms with E-state index in [1.165, 1.54) is 12.8 Å². The van der Waals surface area contributed by atoms with E-state index in [-0.39, 0.29) is 6.04 Å². The average Bonchev–Trinajstić information content (AvgIpc) is 2.36. The standard InChI is InChI=1S/C13H22N4/c1-10-3-4-11(2)17(8-10)13(7-14)12-5-6-15-9-16-12/h5-6,9-11,13H,3-4,7-8,14H2,1-2H3. The molecule has 0 amide bonds. The molecule has 2 heterocycles. The van der Waals surface area contributed by atoms with E-state index in [1.807, 2.05) is 6.07 Å². The first kappa shape index (κ1) is 12.5. The second-order valence-corrected chi connectivity index (χ2v) is 5.11. The SMILES string of the molecule is CC1CCC(C)N(C(CN)c2ccncn2)C1. The number of likely N-dealkylation sites (tertiary alicyclic amines) is 1. The third-order valence-electron chi connectivity index (χ3n) is 3.74. The zero-order valence-electron chi connectivity index (χ0n) is 10.7. The maximum Gasteiger partial charge on any atom is 0.115 e. The zero-order valence-corrected chi connectivity index (χ0v) is 10.7. The van der Waals surface area contributed by atoms with Crippen LogP contribution in [0.3, 0.4) is 0 Å². The third-order valence-corrected chi connectivity index (χ3v) is 3.74. The Labute approximate surface area is 103 Å². The summed E-state index contributed by atoms with van der Waals surface area (Å²) in [6.45, 7) is 6.34. The fraction of sp³-hybridized carbons (Fsp3) is 0.692. The monoisotopic (exact) mass is 234 g/mol. The first-order valence-corrected chi connectivity index (χ1v) is 6.44. The molecule has 1 aromatic rings. The van der Waals surface area contributed by atoms with Gasteiger partial charge in [0.1, 0.15) is 6.33 Å². The van der Waals surface area contributed by atoms with Gasteiger partial charge in [-0.1, -0.05) is 6.92 Å². The minimum Gasteiger partial charge on any atom is -0.329 e. The molecule has 2 N–H and O–H groups in total. The van der Waals surface area contributed by atoms with E-state index in [9.17, 15) is 0 Å². The summed E-state index contributed by atoms with van der Waals surface area (Å²) in [5, 5.41) is 0. The van der Waals surface area contributed by atoms with Crippen LogP contribution in [-0.2, 0) is 0 Å². The van der Waals surface area contributed by atoms with Crippen molar-refractivity contribution in [1.82, 2.24) is 14.9 Å². The Hall–Kier alpha value is -1.00. The number of hydrogen-bond acceptors (Lipinski definition) is 4. The highest BCUT2D eigenvalue weighted by Gasteiger charge is 2.29. The van der Waals surface area contributed by atoms with Crippen molar-refractivity contribution < 1.29 is 0 Å². The van der Waals surface area contributed by atoms with E-state index in [0.29, 0.717) is 12.6 Å². The predicted molar refractivity (Wildman–Crippen MR) is 68.4 cm³/mol. The number of hydrogen-bond donors (Lipinski definition) is 1. The van der Waals surface area contributed by atoms with Crippen molar-refractivity contribution in [3.05, 3.63) is 24.3 Å². The highest BCUT2D eigenvalue weighted by Crippen LogP contribution is 2.29. The molecule has 0 bridgehead atoms. The van der Waals surface area contributed by atoms with Crippen LogP contribution < -0.4 is 5.73 Å². The van der Waals surface area contributed by atoms with E-state index in [4.69, 9.17) is 5.73 Å². The Morgan fingerprint density at radius 3 is 2.94 bits per heavy atom. The molecule has 94 valence electrons. The highest BCUT2D eigenvalue weighted by molar-refractivity contribution is 5.07. The summed E-state index contributed by atoms with van der Waals surface area (Å²) >= 11 is 0. The van der Waals surface area contributed by atoms with Crippen molar-refractivity contribution in [3.63, 3.8) is 0 Å². The summed E-state index contributed by atoms with van der Waals surface area (Å²) in [6.07, 6.45) is 5.97. The molecule has 1 aliphatic heterocycles. The molecular weight excluding hydrogens is 212 g/mol. The van der Waals surface area contributed by atoms with Gasteiger partial charge >= 0.3 is 0 Å². The molecule has 3 unspecified atom stereocenters. The van der Waals surface area contributed by atoms with E-state index >= 15 is 0 Å². The van der Waals surface area contributed by atoms with E-state index in [0.717, 1.165) is 18.2 Å². The van der Waals surface area contributed by atoms with E-state index in [1.54, 1.807) is 12.5 Å². The van der Waals surface area contributed by atoms with Crippen molar-refractivity contribution in [2.45, 2.75) is 38.8 Å². The minimum absolute atomic E-state index is 0.232. The summed E-state index contributed by atoms with van der Waals surface area (Å²) in [7, 11) is 0. The van der Waals surface area contributed by atoms with Crippen LogP contribution in [0.2, 0.25) is 0 Å². The number of nitrogens with two attached hydrogens (primary N) is 1. The first-order chi connectivity index (χ1) is 8.22. The van der Waals surface area contributed by atoms with Gasteiger partial charge in [-0.25, -0.2) is 9.97 Å². The van der Waals surface area contributed by atoms with Crippen LogP contribution in [0.25, 0.3) is 0 Å². The Balaban J connectivity index is 2.17. The topological polar surface area (TPSA) is 55.0 Å². The Morgan fingerprint density at radius 1 is 1.47 bits per heavy atom. The molecule has 1 aliphatic rings. The van der Waals surface area contributed by atoms with Crippen molar-refractivity contribution in [2.24, 2.45) is 11.7 Å². The minimum atomic E-state index is 0.232. The molecule has 17 heavy (non-hydrogen) atoms. The van der Waals surface area contributed by atoms with Crippen molar-refractivity contribution >= 4 is 0 Å². The quantitative estimate of drug-likeness (QED) is 0.863. The lowest BCUT2D eigenvalue weighted by Gasteiger charge is -2.41. The molecule has 1 saturated heterocycles. The van der Waals surface area contributed by atoms with Gasteiger partial charge in [0, 0.05) is 25.3 Å². The van der Waals surface area contributed by atoms with Gasteiger partial charge in [0.05, 0.1) is 11.7 Å². The summed E-state index contributed by atoms with van der Waals surface area (Å²) < 4.78 is 0. The molecule has 0 radical (unpaired) electrons. The molecule has 4 heteroatoms. The van der Waals surface area contributed by atoms with Crippen molar-refractivity contribution in [1.29, 1.82) is 0 Å². The second-order valence-electron chi connectivity index (χ2n) is 5.11. The van der Waals surface area contributed by atoms with Gasteiger partial charge in [-0.05, 0) is 31.7 Å². The van der Waals surface area contributed by atoms with Crippen molar-refractivity contribution in [2.75, 3.05) is 13.1 Å². The second kappa shape index (κ2) is 5.56. The summed E-state index contributed by atoms with van der Waals surface area (Å²) in [6, 6.07) is 2.80. The molecule has 0 aliphatic carbocycles.